The fourth-order valence-corrected chi connectivity index (χ4v) is 3.90. The van der Waals surface area contributed by atoms with Gasteiger partial charge in [0.25, 0.3) is 0 Å². The maximum Gasteiger partial charge on any atom is 0.406 e. The average Bonchev–Trinajstić information content (AvgIpc) is 2.69. The van der Waals surface area contributed by atoms with Gasteiger partial charge in [-0.15, -0.1) is 0 Å². The van der Waals surface area contributed by atoms with Gasteiger partial charge in [-0.3, -0.25) is 14.8 Å². The van der Waals surface area contributed by atoms with Gasteiger partial charge in [0.2, 0.25) is 0 Å². The van der Waals surface area contributed by atoms with E-state index in [-0.39, 0.29) is 23.7 Å². The first kappa shape index (κ1) is 23.0. The van der Waals surface area contributed by atoms with Crippen LogP contribution in [0, 0.1) is 6.92 Å². The molecule has 2 amide bonds. The second-order valence-corrected chi connectivity index (χ2v) is 8.34. The molecule has 0 aromatic heterocycles. The van der Waals surface area contributed by atoms with Crippen LogP contribution in [-0.4, -0.2) is 40.8 Å². The maximum absolute atomic E-state index is 13.2. The highest BCUT2D eigenvalue weighted by molar-refractivity contribution is 8.14. The van der Waals surface area contributed by atoms with Crippen LogP contribution in [0.25, 0.3) is 0 Å². The van der Waals surface area contributed by atoms with Gasteiger partial charge in [0, 0.05) is 5.69 Å². The Labute approximate surface area is 183 Å². The van der Waals surface area contributed by atoms with E-state index < -0.39 is 18.8 Å². The molecule has 1 aliphatic rings. The number of carbonyl (C=O) groups excluding carboxylic acids is 1. The third-order valence-electron chi connectivity index (χ3n) is 4.39. The molecular weight excluding hydrogens is 427 g/mol. The molecule has 5 nitrogen and oxygen atoms in total. The van der Waals surface area contributed by atoms with Gasteiger partial charge in [-0.25, -0.2) is 4.79 Å². The van der Waals surface area contributed by atoms with Crippen LogP contribution in [0.2, 0.25) is 0 Å². The van der Waals surface area contributed by atoms with E-state index in [1.807, 2.05) is 45.0 Å². The Balaban J connectivity index is 1.78. The monoisotopic (exact) mass is 451 g/mol. The largest absolute Gasteiger partial charge is 0.491 e. The van der Waals surface area contributed by atoms with Crippen molar-refractivity contribution in [2.75, 3.05) is 17.3 Å². The fourth-order valence-electron chi connectivity index (χ4n) is 2.94. The molecule has 166 valence electrons. The standard InChI is InChI=1S/C22H24F3N3O2S/c1-15(2)30-19-10-6-17(7-11-19)12-26-20-27(13-22(23,24)25)21(29)28(14-31-20)18-8-4-16(3)5-9-18/h4-11,15H,12-14H2,1-3H3/b26-20-. The molecule has 1 aliphatic heterocycles. The third kappa shape index (κ3) is 6.40. The number of urea groups is 1. The van der Waals surface area contributed by atoms with Crippen molar-refractivity contribution in [3.8, 4) is 5.75 Å². The summed E-state index contributed by atoms with van der Waals surface area (Å²) in [7, 11) is 0. The number of hydrogen-bond acceptors (Lipinski definition) is 4. The molecular formula is C22H24F3N3O2S. The van der Waals surface area contributed by atoms with Gasteiger partial charge >= 0.3 is 12.2 Å². The number of aliphatic imine (C=N–C) groups is 1. The number of nitrogens with zero attached hydrogens (tertiary/aromatic N) is 3. The third-order valence-corrected chi connectivity index (χ3v) is 5.39. The summed E-state index contributed by atoms with van der Waals surface area (Å²) >= 11 is 1.11. The van der Waals surface area contributed by atoms with E-state index in [1.54, 1.807) is 24.3 Å². The average molecular weight is 452 g/mol. The second-order valence-electron chi connectivity index (χ2n) is 7.43. The van der Waals surface area contributed by atoms with Gasteiger partial charge in [-0.1, -0.05) is 41.6 Å². The highest BCUT2D eigenvalue weighted by atomic mass is 32.2. The summed E-state index contributed by atoms with van der Waals surface area (Å²) in [4.78, 5) is 19.2. The van der Waals surface area contributed by atoms with Crippen LogP contribution < -0.4 is 9.64 Å². The number of halogens is 3. The highest BCUT2D eigenvalue weighted by Gasteiger charge is 2.40. The number of aryl methyl sites for hydroxylation is 1. The summed E-state index contributed by atoms with van der Waals surface area (Å²) < 4.78 is 45.2. The summed E-state index contributed by atoms with van der Waals surface area (Å²) in [5.41, 5.74) is 2.36. The van der Waals surface area contributed by atoms with Crippen LogP contribution >= 0.6 is 11.8 Å². The number of rotatable bonds is 6. The smallest absolute Gasteiger partial charge is 0.406 e. The van der Waals surface area contributed by atoms with Gasteiger partial charge in [-0.05, 0) is 50.6 Å². The van der Waals surface area contributed by atoms with Gasteiger partial charge < -0.3 is 4.74 Å². The Hall–Kier alpha value is -2.68. The number of ether oxygens (including phenoxy) is 1. The molecule has 9 heteroatoms. The van der Waals surface area contributed by atoms with Crippen molar-refractivity contribution in [3.63, 3.8) is 0 Å². The Morgan fingerprint density at radius 2 is 1.74 bits per heavy atom. The molecule has 1 saturated heterocycles. The second kappa shape index (κ2) is 9.64. The number of benzene rings is 2. The van der Waals surface area contributed by atoms with E-state index in [1.165, 1.54) is 4.90 Å². The molecule has 0 bridgehead atoms. The molecule has 0 N–H and O–H groups in total. The van der Waals surface area contributed by atoms with E-state index in [0.29, 0.717) is 16.3 Å². The normalized spacial score (nSPS) is 16.4. The molecule has 1 fully saturated rings. The van der Waals surface area contributed by atoms with Gasteiger partial charge in [0.05, 0.1) is 18.5 Å². The number of thioether (sulfide) groups is 1. The van der Waals surface area contributed by atoms with Crippen molar-refractivity contribution in [3.05, 3.63) is 59.7 Å². The van der Waals surface area contributed by atoms with E-state index in [4.69, 9.17) is 4.74 Å². The SMILES string of the molecule is Cc1ccc(N2CS/C(=N\Cc3ccc(OC(C)C)cc3)N(CC(F)(F)F)C2=O)cc1. The molecule has 0 radical (unpaired) electrons. The summed E-state index contributed by atoms with van der Waals surface area (Å²) in [6, 6.07) is 13.6. The van der Waals surface area contributed by atoms with Crippen molar-refractivity contribution in [1.82, 2.24) is 4.90 Å². The van der Waals surface area contributed by atoms with Crippen LogP contribution in [0.15, 0.2) is 53.5 Å². The zero-order valence-corrected chi connectivity index (χ0v) is 18.3. The van der Waals surface area contributed by atoms with E-state index in [9.17, 15) is 18.0 Å². The van der Waals surface area contributed by atoms with Gasteiger partial charge in [-0.2, -0.15) is 13.2 Å². The molecule has 0 atom stereocenters. The Morgan fingerprint density at radius 1 is 1.10 bits per heavy atom. The lowest BCUT2D eigenvalue weighted by atomic mass is 10.2. The van der Waals surface area contributed by atoms with E-state index in [0.717, 1.165) is 22.9 Å². The molecule has 0 saturated carbocycles. The summed E-state index contributed by atoms with van der Waals surface area (Å²) in [5, 5.41) is 0.0631. The fraction of sp³-hybridized carbons (Fsp3) is 0.364. The molecule has 31 heavy (non-hydrogen) atoms. The number of alkyl halides is 3. The van der Waals surface area contributed by atoms with Crippen molar-refractivity contribution in [2.24, 2.45) is 4.99 Å². The Bertz CT molecular complexity index is 929. The first-order valence-corrected chi connectivity index (χ1v) is 10.8. The lowest BCUT2D eigenvalue weighted by Gasteiger charge is -2.36. The zero-order valence-electron chi connectivity index (χ0n) is 17.5. The van der Waals surface area contributed by atoms with Crippen LogP contribution in [0.4, 0.5) is 23.7 Å². The van der Waals surface area contributed by atoms with E-state index in [2.05, 4.69) is 4.99 Å². The first-order valence-electron chi connectivity index (χ1n) is 9.77. The van der Waals surface area contributed by atoms with Crippen molar-refractivity contribution in [2.45, 2.75) is 39.6 Å². The van der Waals surface area contributed by atoms with Crippen LogP contribution in [0.5, 0.6) is 5.75 Å². The zero-order chi connectivity index (χ0) is 22.6. The van der Waals surface area contributed by atoms with Gasteiger partial charge in [0.1, 0.15) is 12.3 Å². The number of amides is 2. The highest BCUT2D eigenvalue weighted by Crippen LogP contribution is 2.29. The summed E-state index contributed by atoms with van der Waals surface area (Å²) in [6.45, 7) is 4.52. The van der Waals surface area contributed by atoms with Crippen LogP contribution in [0.1, 0.15) is 25.0 Å². The van der Waals surface area contributed by atoms with Crippen LogP contribution in [-0.2, 0) is 6.54 Å². The number of anilines is 1. The van der Waals surface area contributed by atoms with Crippen molar-refractivity contribution >= 4 is 28.6 Å². The van der Waals surface area contributed by atoms with Crippen LogP contribution in [0.3, 0.4) is 0 Å². The molecule has 1 heterocycles. The molecule has 2 aromatic carbocycles. The number of hydrogen-bond donors (Lipinski definition) is 0. The molecule has 3 rings (SSSR count). The molecule has 0 spiro atoms. The van der Waals surface area contributed by atoms with Gasteiger partial charge in [0.15, 0.2) is 5.17 Å². The van der Waals surface area contributed by atoms with Crippen molar-refractivity contribution < 1.29 is 22.7 Å². The Kier molecular flexibility index (Phi) is 7.15. The quantitative estimate of drug-likeness (QED) is 0.555. The summed E-state index contributed by atoms with van der Waals surface area (Å²) in [5.74, 6) is 0.900. The minimum Gasteiger partial charge on any atom is -0.491 e. The van der Waals surface area contributed by atoms with Crippen molar-refractivity contribution in [1.29, 1.82) is 0 Å². The predicted octanol–water partition coefficient (Wildman–Crippen LogP) is 5.83. The molecule has 0 aliphatic carbocycles. The predicted molar refractivity (Wildman–Crippen MR) is 118 cm³/mol. The molecule has 0 unspecified atom stereocenters. The number of carbonyl (C=O) groups is 1. The minimum atomic E-state index is -4.54. The molecule has 2 aromatic rings. The minimum absolute atomic E-state index is 0.0446. The lowest BCUT2D eigenvalue weighted by Crippen LogP contribution is -2.53. The van der Waals surface area contributed by atoms with E-state index >= 15 is 0 Å². The maximum atomic E-state index is 13.2. The Morgan fingerprint density at radius 3 is 2.32 bits per heavy atom. The first-order chi connectivity index (χ1) is 14.6. The lowest BCUT2D eigenvalue weighted by molar-refractivity contribution is -0.133. The summed E-state index contributed by atoms with van der Waals surface area (Å²) in [6.07, 6.45) is -4.49. The topological polar surface area (TPSA) is 45.1 Å². The number of amidine groups is 1.